The molecule has 0 atom stereocenters. The van der Waals surface area contributed by atoms with E-state index in [-0.39, 0.29) is 17.4 Å². The largest absolute Gasteiger partial charge is 0.280 e. The lowest BCUT2D eigenvalue weighted by Crippen LogP contribution is -2.31. The number of anilines is 1. The summed E-state index contributed by atoms with van der Waals surface area (Å²) in [5, 5.41) is 6.80. The molecule has 4 aromatic rings. The maximum absolute atomic E-state index is 13.5. The standard InChI is InChI=1S/C22H17FN4OS/c1-2-12-26(22-24-20(15-29-22)16-7-4-3-5-8-16)21(28)19-11-13-27(25-19)18-10-6-9-17(23)14-18/h2-11,13-15H,1,12H2. The molecule has 0 N–H and O–H groups in total. The molecule has 7 heteroatoms. The molecule has 0 spiro atoms. The van der Waals surface area contributed by atoms with Crippen LogP contribution in [0.2, 0.25) is 0 Å². The van der Waals surface area contributed by atoms with Crippen molar-refractivity contribution in [3.05, 3.63) is 96.4 Å². The van der Waals surface area contributed by atoms with Crippen molar-refractivity contribution in [3.63, 3.8) is 0 Å². The fourth-order valence-corrected chi connectivity index (χ4v) is 3.69. The predicted octanol–water partition coefficient (Wildman–Crippen LogP) is 4.97. The maximum atomic E-state index is 13.5. The highest BCUT2D eigenvalue weighted by atomic mass is 32.1. The zero-order valence-corrected chi connectivity index (χ0v) is 16.2. The monoisotopic (exact) mass is 404 g/mol. The van der Waals surface area contributed by atoms with Gasteiger partial charge in [-0.1, -0.05) is 42.5 Å². The molecule has 1 amide bonds. The molecule has 2 aromatic heterocycles. The Bertz CT molecular complexity index is 1150. The highest BCUT2D eigenvalue weighted by molar-refractivity contribution is 7.14. The lowest BCUT2D eigenvalue weighted by molar-refractivity contribution is 0.0984. The van der Waals surface area contributed by atoms with E-state index in [0.29, 0.717) is 17.4 Å². The van der Waals surface area contributed by atoms with Crippen LogP contribution in [-0.4, -0.2) is 27.2 Å². The zero-order valence-electron chi connectivity index (χ0n) is 15.4. The first kappa shape index (κ1) is 18.8. The summed E-state index contributed by atoms with van der Waals surface area (Å²) in [6.45, 7) is 4.04. The van der Waals surface area contributed by atoms with Crippen LogP contribution >= 0.6 is 11.3 Å². The third-order valence-corrected chi connectivity index (χ3v) is 5.09. The van der Waals surface area contributed by atoms with Crippen LogP contribution in [0.15, 0.2) is 84.9 Å². The number of hydrogen-bond acceptors (Lipinski definition) is 4. The van der Waals surface area contributed by atoms with Crippen molar-refractivity contribution in [2.24, 2.45) is 0 Å². The minimum atomic E-state index is -0.365. The van der Waals surface area contributed by atoms with Crippen LogP contribution in [0.1, 0.15) is 10.5 Å². The Hall–Kier alpha value is -3.58. The molecule has 0 saturated heterocycles. The molecule has 0 bridgehead atoms. The molecule has 0 aliphatic heterocycles. The number of carbonyl (C=O) groups excluding carboxylic acids is 1. The molecule has 4 rings (SSSR count). The molecule has 0 aliphatic carbocycles. The number of rotatable bonds is 6. The van der Waals surface area contributed by atoms with Crippen LogP contribution in [0.25, 0.3) is 16.9 Å². The number of halogens is 1. The minimum Gasteiger partial charge on any atom is -0.279 e. The van der Waals surface area contributed by atoms with E-state index in [4.69, 9.17) is 0 Å². The van der Waals surface area contributed by atoms with Gasteiger partial charge in [0.1, 0.15) is 5.82 Å². The fraction of sp³-hybridized carbons (Fsp3) is 0.0455. The number of carbonyl (C=O) groups is 1. The number of aromatic nitrogens is 3. The number of hydrogen-bond donors (Lipinski definition) is 0. The number of thiazole rings is 1. The minimum absolute atomic E-state index is 0.243. The number of nitrogens with zero attached hydrogens (tertiary/aromatic N) is 4. The highest BCUT2D eigenvalue weighted by Gasteiger charge is 2.22. The third kappa shape index (κ3) is 4.00. The average Bonchev–Trinajstić information content (AvgIpc) is 3.42. The molecule has 2 aromatic carbocycles. The molecule has 0 fully saturated rings. The van der Waals surface area contributed by atoms with E-state index in [1.54, 1.807) is 30.5 Å². The molecular formula is C22H17FN4OS. The SMILES string of the molecule is C=CCN(C(=O)c1ccn(-c2cccc(F)c2)n1)c1nc(-c2ccccc2)cs1. The second-order valence-corrected chi connectivity index (χ2v) is 7.05. The Labute approximate surface area is 171 Å². The summed E-state index contributed by atoms with van der Waals surface area (Å²) < 4.78 is 14.9. The molecule has 2 heterocycles. The van der Waals surface area contributed by atoms with Gasteiger partial charge in [0.2, 0.25) is 0 Å². The topological polar surface area (TPSA) is 51.0 Å². The van der Waals surface area contributed by atoms with Crippen molar-refractivity contribution in [1.29, 1.82) is 0 Å². The van der Waals surface area contributed by atoms with Crippen molar-refractivity contribution in [2.75, 3.05) is 11.4 Å². The molecule has 5 nitrogen and oxygen atoms in total. The molecule has 0 saturated carbocycles. The zero-order chi connectivity index (χ0) is 20.2. The van der Waals surface area contributed by atoms with Crippen LogP contribution in [0.4, 0.5) is 9.52 Å². The van der Waals surface area contributed by atoms with Crippen molar-refractivity contribution in [2.45, 2.75) is 0 Å². The van der Waals surface area contributed by atoms with Crippen LogP contribution in [0, 0.1) is 5.82 Å². The Morgan fingerprint density at radius 2 is 2.00 bits per heavy atom. The van der Waals surface area contributed by atoms with Crippen molar-refractivity contribution in [3.8, 4) is 16.9 Å². The average molecular weight is 404 g/mol. The van der Waals surface area contributed by atoms with E-state index in [2.05, 4.69) is 16.7 Å². The van der Waals surface area contributed by atoms with E-state index in [1.807, 2.05) is 35.7 Å². The van der Waals surface area contributed by atoms with Gasteiger partial charge in [0, 0.05) is 23.7 Å². The number of amides is 1. The first-order valence-electron chi connectivity index (χ1n) is 8.91. The lowest BCUT2D eigenvalue weighted by atomic mass is 10.2. The van der Waals surface area contributed by atoms with Gasteiger partial charge in [-0.2, -0.15) is 5.10 Å². The van der Waals surface area contributed by atoms with E-state index in [1.165, 1.54) is 33.1 Å². The van der Waals surface area contributed by atoms with Crippen LogP contribution in [0.3, 0.4) is 0 Å². The van der Waals surface area contributed by atoms with Crippen LogP contribution in [0.5, 0.6) is 0 Å². The molecule has 144 valence electrons. The van der Waals surface area contributed by atoms with E-state index in [9.17, 15) is 9.18 Å². The third-order valence-electron chi connectivity index (χ3n) is 4.23. The fourth-order valence-electron chi connectivity index (χ4n) is 2.85. The summed E-state index contributed by atoms with van der Waals surface area (Å²) in [4.78, 5) is 19.2. The second-order valence-electron chi connectivity index (χ2n) is 6.21. The quantitative estimate of drug-likeness (QED) is 0.427. The highest BCUT2D eigenvalue weighted by Crippen LogP contribution is 2.28. The van der Waals surface area contributed by atoms with E-state index < -0.39 is 0 Å². The Morgan fingerprint density at radius 1 is 1.17 bits per heavy atom. The molecule has 0 radical (unpaired) electrons. The van der Waals surface area contributed by atoms with Gasteiger partial charge < -0.3 is 0 Å². The predicted molar refractivity (Wildman–Crippen MR) is 113 cm³/mol. The summed E-state index contributed by atoms with van der Waals surface area (Å²) >= 11 is 1.38. The van der Waals surface area contributed by atoms with Crippen LogP contribution < -0.4 is 4.90 Å². The van der Waals surface area contributed by atoms with Gasteiger partial charge in [-0.15, -0.1) is 17.9 Å². The summed E-state index contributed by atoms with van der Waals surface area (Å²) in [5.74, 6) is -0.663. The first-order valence-corrected chi connectivity index (χ1v) is 9.79. The summed E-state index contributed by atoms with van der Waals surface area (Å²) in [7, 11) is 0. The Morgan fingerprint density at radius 3 is 2.76 bits per heavy atom. The summed E-state index contributed by atoms with van der Waals surface area (Å²) in [5.41, 5.74) is 2.57. The van der Waals surface area contributed by atoms with Gasteiger partial charge in [0.15, 0.2) is 10.8 Å². The van der Waals surface area contributed by atoms with E-state index in [0.717, 1.165) is 11.3 Å². The van der Waals surface area contributed by atoms with Gasteiger partial charge in [0.05, 0.1) is 11.4 Å². The smallest absolute Gasteiger partial charge is 0.279 e. The maximum Gasteiger partial charge on any atom is 0.280 e. The normalized spacial score (nSPS) is 10.7. The molecule has 29 heavy (non-hydrogen) atoms. The van der Waals surface area contributed by atoms with Crippen molar-refractivity contribution < 1.29 is 9.18 Å². The molecule has 0 aliphatic rings. The molecular weight excluding hydrogens is 387 g/mol. The second kappa shape index (κ2) is 8.20. The first-order chi connectivity index (χ1) is 14.2. The Kier molecular flexibility index (Phi) is 5.31. The lowest BCUT2D eigenvalue weighted by Gasteiger charge is -2.16. The van der Waals surface area contributed by atoms with Gasteiger partial charge in [-0.25, -0.2) is 14.1 Å². The van der Waals surface area contributed by atoms with Crippen molar-refractivity contribution in [1.82, 2.24) is 14.8 Å². The Balaban J connectivity index is 1.62. The van der Waals surface area contributed by atoms with Crippen LogP contribution in [-0.2, 0) is 0 Å². The van der Waals surface area contributed by atoms with Gasteiger partial charge in [-0.05, 0) is 24.3 Å². The van der Waals surface area contributed by atoms with Crippen molar-refractivity contribution >= 4 is 22.4 Å². The summed E-state index contributed by atoms with van der Waals surface area (Å²) in [6.07, 6.45) is 3.27. The summed E-state index contributed by atoms with van der Waals surface area (Å²) in [6, 6.07) is 17.4. The van der Waals surface area contributed by atoms with Gasteiger partial charge >= 0.3 is 0 Å². The molecule has 0 unspecified atom stereocenters. The van der Waals surface area contributed by atoms with Gasteiger partial charge in [0.25, 0.3) is 5.91 Å². The number of benzene rings is 2. The van der Waals surface area contributed by atoms with E-state index >= 15 is 0 Å². The van der Waals surface area contributed by atoms with Gasteiger partial charge in [-0.3, -0.25) is 9.69 Å².